The molecular weight excluding hydrogens is 386 g/mol. The van der Waals surface area contributed by atoms with Crippen LogP contribution < -0.4 is 17.0 Å². The molecule has 0 bridgehead atoms. The first-order valence-corrected chi connectivity index (χ1v) is 10.3. The van der Waals surface area contributed by atoms with Crippen molar-refractivity contribution in [2.24, 2.45) is 11.5 Å². The number of nitrogens with zero attached hydrogens (tertiary/aromatic N) is 2. The van der Waals surface area contributed by atoms with Crippen molar-refractivity contribution >= 4 is 17.1 Å². The van der Waals surface area contributed by atoms with Crippen molar-refractivity contribution in [3.63, 3.8) is 0 Å². The van der Waals surface area contributed by atoms with E-state index >= 15 is 0 Å². The highest BCUT2D eigenvalue weighted by Gasteiger charge is 2.34. The van der Waals surface area contributed by atoms with E-state index in [4.69, 9.17) is 21.9 Å². The molecule has 0 aliphatic heterocycles. The van der Waals surface area contributed by atoms with Gasteiger partial charge in [-0.1, -0.05) is 54.6 Å². The van der Waals surface area contributed by atoms with Crippen LogP contribution in [0.15, 0.2) is 72.8 Å². The largest absolute Gasteiger partial charge is 0.351 e. The number of carbonyl (C=O) groups excluding carboxylic acids is 1. The SMILES string of the molecule is N=c1ccc2nc(-c3ccc(C4(N)CCC4)cc3)c(-c3ccccc3)cc2n1C(N)=O. The molecule has 2 aromatic carbocycles. The average molecular weight is 409 g/mol. The van der Waals surface area contributed by atoms with Crippen molar-refractivity contribution < 1.29 is 4.79 Å². The lowest BCUT2D eigenvalue weighted by molar-refractivity contribution is 0.250. The minimum Gasteiger partial charge on any atom is -0.351 e. The fourth-order valence-corrected chi connectivity index (χ4v) is 4.28. The second kappa shape index (κ2) is 7.18. The number of pyridine rings is 2. The first-order chi connectivity index (χ1) is 15.0. The highest BCUT2D eigenvalue weighted by atomic mass is 16.2. The van der Waals surface area contributed by atoms with Crippen LogP contribution in [0.1, 0.15) is 24.8 Å². The van der Waals surface area contributed by atoms with Gasteiger partial charge in [-0.05, 0) is 48.6 Å². The van der Waals surface area contributed by atoms with E-state index in [0.717, 1.165) is 40.8 Å². The number of benzene rings is 2. The van der Waals surface area contributed by atoms with Gasteiger partial charge in [0.25, 0.3) is 0 Å². The summed E-state index contributed by atoms with van der Waals surface area (Å²) in [6.07, 6.45) is 3.19. The van der Waals surface area contributed by atoms with Crippen molar-refractivity contribution in [3.05, 3.63) is 83.8 Å². The Morgan fingerprint density at radius 2 is 1.68 bits per heavy atom. The Hall–Kier alpha value is -3.77. The number of carbonyl (C=O) groups is 1. The van der Waals surface area contributed by atoms with E-state index in [-0.39, 0.29) is 11.0 Å². The van der Waals surface area contributed by atoms with Gasteiger partial charge in [-0.25, -0.2) is 14.3 Å². The molecule has 154 valence electrons. The van der Waals surface area contributed by atoms with Crippen LogP contribution in [0, 0.1) is 5.41 Å². The molecular formula is C25H23N5O. The summed E-state index contributed by atoms with van der Waals surface area (Å²) in [6, 6.07) is 22.6. The van der Waals surface area contributed by atoms with E-state index in [9.17, 15) is 4.79 Å². The molecule has 0 unspecified atom stereocenters. The lowest BCUT2D eigenvalue weighted by Gasteiger charge is -2.38. The Morgan fingerprint density at radius 1 is 0.968 bits per heavy atom. The number of fused-ring (bicyclic) bond motifs is 1. The van der Waals surface area contributed by atoms with Gasteiger partial charge < -0.3 is 11.5 Å². The first-order valence-electron chi connectivity index (χ1n) is 10.3. The van der Waals surface area contributed by atoms with Crippen LogP contribution in [0.4, 0.5) is 4.79 Å². The second-order valence-electron chi connectivity index (χ2n) is 8.13. The number of primary amides is 1. The number of nitrogens with one attached hydrogen (secondary N) is 1. The van der Waals surface area contributed by atoms with Crippen molar-refractivity contribution in [2.45, 2.75) is 24.8 Å². The molecule has 0 atom stereocenters. The normalized spacial score (nSPS) is 14.9. The Balaban J connectivity index is 1.74. The van der Waals surface area contributed by atoms with E-state index in [0.29, 0.717) is 11.0 Å². The number of hydrogen-bond donors (Lipinski definition) is 3. The van der Waals surface area contributed by atoms with Crippen molar-refractivity contribution in [1.29, 1.82) is 5.41 Å². The molecule has 4 aromatic rings. The molecule has 0 spiro atoms. The summed E-state index contributed by atoms with van der Waals surface area (Å²) in [5.74, 6) is 0. The van der Waals surface area contributed by atoms with Gasteiger partial charge in [-0.2, -0.15) is 0 Å². The molecule has 6 nitrogen and oxygen atoms in total. The summed E-state index contributed by atoms with van der Waals surface area (Å²) in [7, 11) is 0. The average Bonchev–Trinajstić information content (AvgIpc) is 2.77. The van der Waals surface area contributed by atoms with Crippen molar-refractivity contribution in [1.82, 2.24) is 9.55 Å². The molecule has 0 radical (unpaired) electrons. The molecule has 6 heteroatoms. The second-order valence-corrected chi connectivity index (χ2v) is 8.13. The zero-order valence-corrected chi connectivity index (χ0v) is 17.0. The third kappa shape index (κ3) is 3.21. The summed E-state index contributed by atoms with van der Waals surface area (Å²) < 4.78 is 1.18. The zero-order chi connectivity index (χ0) is 21.6. The van der Waals surface area contributed by atoms with Gasteiger partial charge in [-0.3, -0.25) is 5.41 Å². The van der Waals surface area contributed by atoms with E-state index in [2.05, 4.69) is 24.3 Å². The topological polar surface area (TPSA) is 111 Å². The Kier molecular flexibility index (Phi) is 4.45. The van der Waals surface area contributed by atoms with E-state index in [1.165, 1.54) is 17.1 Å². The number of amides is 1. The predicted octanol–water partition coefficient (Wildman–Crippen LogP) is 4.11. The highest BCUT2D eigenvalue weighted by molar-refractivity contribution is 5.94. The number of aromatic nitrogens is 2. The Bertz CT molecular complexity index is 1350. The number of hydrogen-bond acceptors (Lipinski definition) is 4. The molecule has 1 fully saturated rings. The van der Waals surface area contributed by atoms with Crippen LogP contribution in [-0.4, -0.2) is 15.6 Å². The molecule has 5 rings (SSSR count). The summed E-state index contributed by atoms with van der Waals surface area (Å²) in [4.78, 5) is 16.9. The molecule has 1 saturated carbocycles. The molecule has 31 heavy (non-hydrogen) atoms. The van der Waals surface area contributed by atoms with E-state index in [1.807, 2.05) is 36.4 Å². The summed E-state index contributed by atoms with van der Waals surface area (Å²) in [5, 5.41) is 8.10. The summed E-state index contributed by atoms with van der Waals surface area (Å²) in [5.41, 5.74) is 17.7. The standard InChI is InChI=1S/C25H23N5O/c26-22-12-11-20-21(30(22)24(27)31)15-19(16-5-2-1-3-6-16)23(29-20)17-7-9-18(10-8-17)25(28)13-4-14-25/h1-3,5-12,15,26H,4,13-14,28H2,(H2,27,31). The zero-order valence-electron chi connectivity index (χ0n) is 17.0. The highest BCUT2D eigenvalue weighted by Crippen LogP contribution is 2.40. The van der Waals surface area contributed by atoms with Crippen LogP contribution >= 0.6 is 0 Å². The number of rotatable bonds is 3. The summed E-state index contributed by atoms with van der Waals surface area (Å²) in [6.45, 7) is 0. The molecule has 1 aliphatic carbocycles. The van der Waals surface area contributed by atoms with Crippen molar-refractivity contribution in [2.75, 3.05) is 0 Å². The summed E-state index contributed by atoms with van der Waals surface area (Å²) >= 11 is 0. The lowest BCUT2D eigenvalue weighted by atomic mass is 9.72. The minimum absolute atomic E-state index is 0.0201. The fourth-order valence-electron chi connectivity index (χ4n) is 4.28. The maximum absolute atomic E-state index is 12.0. The van der Waals surface area contributed by atoms with Crippen LogP contribution in [-0.2, 0) is 5.54 Å². The fraction of sp³-hybridized carbons (Fsp3) is 0.160. The van der Waals surface area contributed by atoms with Crippen LogP contribution in [0.5, 0.6) is 0 Å². The van der Waals surface area contributed by atoms with Gasteiger partial charge in [0.2, 0.25) is 0 Å². The third-order valence-corrected chi connectivity index (χ3v) is 6.20. The molecule has 2 heterocycles. The first kappa shape index (κ1) is 19.2. The van der Waals surface area contributed by atoms with Crippen LogP contribution in [0.2, 0.25) is 0 Å². The lowest BCUT2D eigenvalue weighted by Crippen LogP contribution is -2.43. The predicted molar refractivity (Wildman–Crippen MR) is 121 cm³/mol. The number of nitrogens with two attached hydrogens (primary N) is 2. The van der Waals surface area contributed by atoms with Gasteiger partial charge in [0.15, 0.2) is 0 Å². The smallest absolute Gasteiger partial charge is 0.325 e. The molecule has 1 amide bonds. The quantitative estimate of drug-likeness (QED) is 0.473. The Labute approximate surface area is 179 Å². The van der Waals surface area contributed by atoms with Gasteiger partial charge in [0.1, 0.15) is 5.49 Å². The molecule has 5 N–H and O–H groups in total. The molecule has 2 aromatic heterocycles. The van der Waals surface area contributed by atoms with Gasteiger partial charge in [0.05, 0.1) is 16.7 Å². The van der Waals surface area contributed by atoms with Gasteiger partial charge in [-0.15, -0.1) is 0 Å². The van der Waals surface area contributed by atoms with E-state index in [1.54, 1.807) is 6.07 Å². The van der Waals surface area contributed by atoms with Crippen LogP contribution in [0.3, 0.4) is 0 Å². The van der Waals surface area contributed by atoms with Gasteiger partial charge in [0, 0.05) is 16.7 Å². The monoisotopic (exact) mass is 409 g/mol. The maximum atomic E-state index is 12.0. The van der Waals surface area contributed by atoms with E-state index < -0.39 is 6.03 Å². The molecule has 0 saturated heterocycles. The maximum Gasteiger partial charge on any atom is 0.325 e. The minimum atomic E-state index is -0.706. The Morgan fingerprint density at radius 3 is 2.29 bits per heavy atom. The third-order valence-electron chi connectivity index (χ3n) is 6.20. The van der Waals surface area contributed by atoms with Gasteiger partial charge >= 0.3 is 6.03 Å². The van der Waals surface area contributed by atoms with Crippen molar-refractivity contribution in [3.8, 4) is 22.4 Å². The van der Waals surface area contributed by atoms with Crippen LogP contribution in [0.25, 0.3) is 33.4 Å². The molecule has 1 aliphatic rings.